The monoisotopic (exact) mass is 168 g/mol. The number of hydrogen-bond acceptors (Lipinski definition) is 2. The van der Waals surface area contributed by atoms with E-state index in [4.69, 9.17) is 0 Å². The first-order valence-corrected chi connectivity index (χ1v) is 4.58. The summed E-state index contributed by atoms with van der Waals surface area (Å²) in [6.07, 6.45) is 0. The second-order valence-corrected chi connectivity index (χ2v) is 4.71. The summed E-state index contributed by atoms with van der Waals surface area (Å²) >= 11 is 0. The Kier molecular flexibility index (Phi) is 1.65. The number of likely N-dealkylation sites (tertiary alicyclic amines) is 1. The van der Waals surface area contributed by atoms with Crippen molar-refractivity contribution in [3.05, 3.63) is 0 Å². The molecule has 2 rings (SSSR count). The molecule has 0 atom stereocenters. The van der Waals surface area contributed by atoms with Gasteiger partial charge in [0.05, 0.1) is 5.92 Å². The second-order valence-electron chi connectivity index (χ2n) is 4.71. The zero-order chi connectivity index (χ0) is 8.77. The lowest BCUT2D eigenvalue weighted by atomic mass is 9.83. The molecule has 0 aromatic rings. The van der Waals surface area contributed by atoms with Gasteiger partial charge in [0.2, 0.25) is 5.91 Å². The average molecular weight is 168 g/mol. The van der Waals surface area contributed by atoms with E-state index in [1.807, 2.05) is 4.90 Å². The van der Waals surface area contributed by atoms with Crippen LogP contribution in [0.15, 0.2) is 0 Å². The summed E-state index contributed by atoms with van der Waals surface area (Å²) in [6, 6.07) is 0. The van der Waals surface area contributed by atoms with Crippen molar-refractivity contribution in [2.75, 3.05) is 26.2 Å². The number of hydrogen-bond donors (Lipinski definition) is 1. The Morgan fingerprint density at radius 3 is 2.33 bits per heavy atom. The molecule has 2 aliphatic rings. The van der Waals surface area contributed by atoms with Crippen LogP contribution in [0.4, 0.5) is 0 Å². The molecule has 68 valence electrons. The van der Waals surface area contributed by atoms with Crippen molar-refractivity contribution in [2.24, 2.45) is 11.3 Å². The first kappa shape index (κ1) is 8.05. The summed E-state index contributed by atoms with van der Waals surface area (Å²) in [5.41, 5.74) is 0.368. The van der Waals surface area contributed by atoms with Gasteiger partial charge in [0.25, 0.3) is 0 Å². The van der Waals surface area contributed by atoms with E-state index in [-0.39, 0.29) is 5.92 Å². The summed E-state index contributed by atoms with van der Waals surface area (Å²) < 4.78 is 0. The van der Waals surface area contributed by atoms with Gasteiger partial charge in [0.1, 0.15) is 0 Å². The van der Waals surface area contributed by atoms with E-state index in [1.165, 1.54) is 0 Å². The van der Waals surface area contributed by atoms with Crippen molar-refractivity contribution in [1.29, 1.82) is 0 Å². The fourth-order valence-corrected chi connectivity index (χ4v) is 1.86. The van der Waals surface area contributed by atoms with Crippen LogP contribution in [0.5, 0.6) is 0 Å². The van der Waals surface area contributed by atoms with Gasteiger partial charge in [-0.1, -0.05) is 13.8 Å². The molecule has 0 aromatic carbocycles. The summed E-state index contributed by atoms with van der Waals surface area (Å²) in [7, 11) is 0. The maximum absolute atomic E-state index is 11.6. The van der Waals surface area contributed by atoms with Crippen LogP contribution >= 0.6 is 0 Å². The Morgan fingerprint density at radius 1 is 1.42 bits per heavy atom. The molecule has 2 fully saturated rings. The molecule has 0 radical (unpaired) electrons. The Morgan fingerprint density at radius 2 is 2.00 bits per heavy atom. The van der Waals surface area contributed by atoms with E-state index >= 15 is 0 Å². The summed E-state index contributed by atoms with van der Waals surface area (Å²) in [5, 5.41) is 3.12. The Hall–Kier alpha value is -0.570. The van der Waals surface area contributed by atoms with E-state index in [2.05, 4.69) is 19.2 Å². The van der Waals surface area contributed by atoms with Gasteiger partial charge in [-0.05, 0) is 5.41 Å². The molecule has 0 spiro atoms. The highest BCUT2D eigenvalue weighted by molar-refractivity contribution is 5.81. The van der Waals surface area contributed by atoms with Crippen molar-refractivity contribution >= 4 is 5.91 Å². The number of carbonyl (C=O) groups excluding carboxylic acids is 1. The quantitative estimate of drug-likeness (QED) is 0.601. The van der Waals surface area contributed by atoms with Gasteiger partial charge in [-0.15, -0.1) is 0 Å². The van der Waals surface area contributed by atoms with Gasteiger partial charge in [-0.2, -0.15) is 0 Å². The lowest BCUT2D eigenvalue weighted by molar-refractivity contribution is -0.147. The molecule has 0 aromatic heterocycles. The van der Waals surface area contributed by atoms with Gasteiger partial charge in [-0.25, -0.2) is 0 Å². The molecule has 3 heteroatoms. The Balaban J connectivity index is 1.83. The van der Waals surface area contributed by atoms with E-state index in [0.717, 1.165) is 26.2 Å². The van der Waals surface area contributed by atoms with Gasteiger partial charge in [0.15, 0.2) is 0 Å². The molecule has 2 saturated heterocycles. The van der Waals surface area contributed by atoms with Crippen molar-refractivity contribution in [3.63, 3.8) is 0 Å². The molecule has 1 N–H and O–H groups in total. The normalized spacial score (nSPS) is 27.7. The minimum absolute atomic E-state index is 0.279. The predicted octanol–water partition coefficient (Wildman–Crippen LogP) is 0.0742. The highest BCUT2D eigenvalue weighted by Gasteiger charge is 2.40. The molecule has 0 aliphatic carbocycles. The number of nitrogens with one attached hydrogen (secondary N) is 1. The Bertz CT molecular complexity index is 201. The molecule has 12 heavy (non-hydrogen) atoms. The smallest absolute Gasteiger partial charge is 0.228 e. The van der Waals surface area contributed by atoms with Crippen LogP contribution in [-0.2, 0) is 4.79 Å². The third-order valence-electron chi connectivity index (χ3n) is 2.68. The molecule has 2 aliphatic heterocycles. The molecule has 1 amide bonds. The summed E-state index contributed by atoms with van der Waals surface area (Å²) in [5.74, 6) is 0.633. The SMILES string of the molecule is CC1(C)CN(C(=O)C2CNC2)C1. The van der Waals surface area contributed by atoms with Crippen LogP contribution in [0.3, 0.4) is 0 Å². The maximum Gasteiger partial charge on any atom is 0.228 e. The van der Waals surface area contributed by atoms with Crippen LogP contribution in [0.1, 0.15) is 13.8 Å². The highest BCUT2D eigenvalue weighted by Crippen LogP contribution is 2.30. The van der Waals surface area contributed by atoms with Crippen molar-refractivity contribution in [3.8, 4) is 0 Å². The van der Waals surface area contributed by atoms with E-state index < -0.39 is 0 Å². The topological polar surface area (TPSA) is 32.3 Å². The molecule has 0 saturated carbocycles. The van der Waals surface area contributed by atoms with Crippen LogP contribution in [0.2, 0.25) is 0 Å². The molecule has 0 unspecified atom stereocenters. The van der Waals surface area contributed by atoms with Gasteiger partial charge >= 0.3 is 0 Å². The highest BCUT2D eigenvalue weighted by atomic mass is 16.2. The van der Waals surface area contributed by atoms with E-state index in [9.17, 15) is 4.79 Å². The van der Waals surface area contributed by atoms with Crippen LogP contribution in [-0.4, -0.2) is 37.0 Å². The second kappa shape index (κ2) is 2.46. The van der Waals surface area contributed by atoms with Crippen LogP contribution < -0.4 is 5.32 Å². The fourth-order valence-electron chi connectivity index (χ4n) is 1.86. The van der Waals surface area contributed by atoms with Gasteiger partial charge < -0.3 is 10.2 Å². The number of amides is 1. The lowest BCUT2D eigenvalue weighted by Crippen LogP contribution is -2.61. The maximum atomic E-state index is 11.6. The summed E-state index contributed by atoms with van der Waals surface area (Å²) in [6.45, 7) is 8.07. The van der Waals surface area contributed by atoms with Crippen LogP contribution in [0, 0.1) is 11.3 Å². The van der Waals surface area contributed by atoms with E-state index in [0.29, 0.717) is 11.3 Å². The van der Waals surface area contributed by atoms with Crippen molar-refractivity contribution < 1.29 is 4.79 Å². The van der Waals surface area contributed by atoms with Crippen molar-refractivity contribution in [2.45, 2.75) is 13.8 Å². The number of rotatable bonds is 1. The largest absolute Gasteiger partial charge is 0.341 e. The van der Waals surface area contributed by atoms with E-state index in [1.54, 1.807) is 0 Å². The number of nitrogens with zero attached hydrogens (tertiary/aromatic N) is 1. The molecular weight excluding hydrogens is 152 g/mol. The van der Waals surface area contributed by atoms with Crippen LogP contribution in [0.25, 0.3) is 0 Å². The third-order valence-corrected chi connectivity index (χ3v) is 2.68. The average Bonchev–Trinajstić information content (AvgIpc) is 1.77. The van der Waals surface area contributed by atoms with Gasteiger partial charge in [0, 0.05) is 26.2 Å². The lowest BCUT2D eigenvalue weighted by Gasteiger charge is -2.48. The minimum atomic E-state index is 0.279. The third kappa shape index (κ3) is 1.22. The number of carbonyl (C=O) groups is 1. The van der Waals surface area contributed by atoms with Gasteiger partial charge in [-0.3, -0.25) is 4.79 Å². The first-order valence-electron chi connectivity index (χ1n) is 4.58. The molecular formula is C9H16N2O. The summed E-state index contributed by atoms with van der Waals surface area (Å²) in [4.78, 5) is 13.6. The predicted molar refractivity (Wildman–Crippen MR) is 46.7 cm³/mol. The van der Waals surface area contributed by atoms with Crippen molar-refractivity contribution in [1.82, 2.24) is 10.2 Å². The zero-order valence-corrected chi connectivity index (χ0v) is 7.76. The first-order chi connectivity index (χ1) is 5.58. The minimum Gasteiger partial charge on any atom is -0.341 e. The fraction of sp³-hybridized carbons (Fsp3) is 0.889. The molecule has 0 bridgehead atoms. The molecule has 3 nitrogen and oxygen atoms in total. The standard InChI is InChI=1S/C9H16N2O/c1-9(2)5-11(6-9)8(12)7-3-10-4-7/h7,10H,3-6H2,1-2H3. The Labute approximate surface area is 73.1 Å². The molecule has 2 heterocycles. The zero-order valence-electron chi connectivity index (χ0n) is 7.76.